The molecule has 2 unspecified atom stereocenters. The molecule has 0 spiro atoms. The van der Waals surface area contributed by atoms with Gasteiger partial charge in [-0.3, -0.25) is 9.59 Å². The molecule has 0 aromatic carbocycles. The molecular formula is C13H19N3O3. The Morgan fingerprint density at radius 2 is 2.32 bits per heavy atom. The van der Waals surface area contributed by atoms with Crippen molar-refractivity contribution in [1.82, 2.24) is 14.5 Å². The van der Waals surface area contributed by atoms with Crippen LogP contribution in [0.4, 0.5) is 0 Å². The molecule has 2 rings (SSSR count). The largest absolute Gasteiger partial charge is 0.481 e. The van der Waals surface area contributed by atoms with Crippen LogP contribution in [0.3, 0.4) is 0 Å². The average molecular weight is 265 g/mol. The first-order chi connectivity index (χ1) is 9.06. The van der Waals surface area contributed by atoms with Gasteiger partial charge in [0.2, 0.25) is 5.91 Å². The van der Waals surface area contributed by atoms with Crippen molar-refractivity contribution in [2.75, 3.05) is 6.54 Å². The molecule has 1 aromatic rings. The summed E-state index contributed by atoms with van der Waals surface area (Å²) in [6.45, 7) is 2.57. The minimum atomic E-state index is -0.847. The number of hydrogen-bond acceptors (Lipinski definition) is 3. The zero-order valence-corrected chi connectivity index (χ0v) is 11.2. The van der Waals surface area contributed by atoms with Crippen LogP contribution in [0.5, 0.6) is 0 Å². The van der Waals surface area contributed by atoms with Crippen molar-refractivity contribution >= 4 is 11.9 Å². The van der Waals surface area contributed by atoms with E-state index < -0.39 is 17.9 Å². The van der Waals surface area contributed by atoms with Crippen LogP contribution in [0.2, 0.25) is 0 Å². The number of imidazole rings is 1. The maximum absolute atomic E-state index is 12.1. The highest BCUT2D eigenvalue weighted by molar-refractivity contribution is 5.81. The van der Waals surface area contributed by atoms with Gasteiger partial charge in [0.1, 0.15) is 0 Å². The lowest BCUT2D eigenvalue weighted by atomic mass is 9.86. The van der Waals surface area contributed by atoms with Crippen molar-refractivity contribution in [1.29, 1.82) is 0 Å². The number of piperidine rings is 1. The monoisotopic (exact) mass is 265 g/mol. The Balaban J connectivity index is 2.41. The van der Waals surface area contributed by atoms with Gasteiger partial charge in [-0.2, -0.15) is 0 Å². The van der Waals surface area contributed by atoms with Gasteiger partial charge in [-0.1, -0.05) is 6.92 Å². The van der Waals surface area contributed by atoms with E-state index in [4.69, 9.17) is 0 Å². The van der Waals surface area contributed by atoms with Crippen molar-refractivity contribution in [3.05, 3.63) is 18.2 Å². The number of carbonyl (C=O) groups excluding carboxylic acids is 1. The fourth-order valence-electron chi connectivity index (χ4n) is 2.73. The Hall–Kier alpha value is -1.85. The third-order valence-corrected chi connectivity index (χ3v) is 3.65. The summed E-state index contributed by atoms with van der Waals surface area (Å²) in [4.78, 5) is 29.3. The van der Waals surface area contributed by atoms with E-state index in [0.717, 1.165) is 12.1 Å². The van der Waals surface area contributed by atoms with Gasteiger partial charge in [0, 0.05) is 20.0 Å². The summed E-state index contributed by atoms with van der Waals surface area (Å²) in [7, 11) is 1.82. The predicted octanol–water partition coefficient (Wildman–Crippen LogP) is 1.19. The highest BCUT2D eigenvalue weighted by Gasteiger charge is 2.41. The molecule has 2 atom stereocenters. The summed E-state index contributed by atoms with van der Waals surface area (Å²) >= 11 is 0. The molecule has 1 amide bonds. The summed E-state index contributed by atoms with van der Waals surface area (Å²) in [5, 5.41) is 9.40. The molecule has 19 heavy (non-hydrogen) atoms. The fraction of sp³-hybridized carbons (Fsp3) is 0.615. The van der Waals surface area contributed by atoms with E-state index in [2.05, 4.69) is 4.98 Å². The van der Waals surface area contributed by atoms with Gasteiger partial charge in [-0.15, -0.1) is 0 Å². The maximum atomic E-state index is 12.1. The van der Waals surface area contributed by atoms with Crippen LogP contribution in [0.25, 0.3) is 0 Å². The Labute approximate surface area is 112 Å². The Bertz CT molecular complexity index is 483. The highest BCUT2D eigenvalue weighted by atomic mass is 16.4. The molecule has 0 aliphatic carbocycles. The van der Waals surface area contributed by atoms with Gasteiger partial charge in [0.25, 0.3) is 0 Å². The van der Waals surface area contributed by atoms with E-state index in [1.807, 2.05) is 14.0 Å². The quantitative estimate of drug-likeness (QED) is 0.887. The van der Waals surface area contributed by atoms with Crippen molar-refractivity contribution in [2.45, 2.75) is 32.2 Å². The molecule has 0 radical (unpaired) electrons. The van der Waals surface area contributed by atoms with Gasteiger partial charge < -0.3 is 14.6 Å². The maximum Gasteiger partial charge on any atom is 0.309 e. The minimum Gasteiger partial charge on any atom is -0.481 e. The van der Waals surface area contributed by atoms with Crippen LogP contribution in [0.15, 0.2) is 12.5 Å². The zero-order chi connectivity index (χ0) is 14.0. The van der Waals surface area contributed by atoms with Crippen molar-refractivity contribution in [2.24, 2.45) is 13.0 Å². The number of carbonyl (C=O) groups is 2. The number of nitrogens with zero attached hydrogens (tertiary/aromatic N) is 3. The van der Waals surface area contributed by atoms with Crippen LogP contribution in [-0.2, 0) is 16.6 Å². The van der Waals surface area contributed by atoms with E-state index in [1.54, 1.807) is 22.0 Å². The van der Waals surface area contributed by atoms with Gasteiger partial charge in [-0.25, -0.2) is 4.98 Å². The lowest BCUT2D eigenvalue weighted by Crippen LogP contribution is -2.46. The van der Waals surface area contributed by atoms with Crippen molar-refractivity contribution in [3.63, 3.8) is 0 Å². The molecule has 6 heteroatoms. The Morgan fingerprint density at radius 1 is 1.58 bits per heavy atom. The second kappa shape index (κ2) is 5.42. The molecule has 104 valence electrons. The number of aromatic nitrogens is 2. The number of aryl methyl sites for hydroxylation is 1. The van der Waals surface area contributed by atoms with Crippen molar-refractivity contribution in [3.8, 4) is 0 Å². The first-order valence-corrected chi connectivity index (χ1v) is 6.54. The molecular weight excluding hydrogens is 246 g/mol. The third-order valence-electron chi connectivity index (χ3n) is 3.65. The fourth-order valence-corrected chi connectivity index (χ4v) is 2.73. The zero-order valence-electron chi connectivity index (χ0n) is 11.2. The normalized spacial score (nSPS) is 23.7. The molecule has 1 aliphatic heterocycles. The van der Waals surface area contributed by atoms with E-state index >= 15 is 0 Å². The highest BCUT2D eigenvalue weighted by Crippen LogP contribution is 2.36. The predicted molar refractivity (Wildman–Crippen MR) is 68.3 cm³/mol. The molecule has 1 aromatic heterocycles. The van der Waals surface area contributed by atoms with Gasteiger partial charge in [0.15, 0.2) is 0 Å². The second-order valence-electron chi connectivity index (χ2n) is 4.94. The lowest BCUT2D eigenvalue weighted by Gasteiger charge is -2.39. The van der Waals surface area contributed by atoms with Gasteiger partial charge in [0.05, 0.1) is 30.2 Å². The molecule has 6 nitrogen and oxygen atoms in total. The van der Waals surface area contributed by atoms with E-state index in [9.17, 15) is 14.7 Å². The molecule has 0 saturated carbocycles. The summed E-state index contributed by atoms with van der Waals surface area (Å²) in [6.07, 6.45) is 4.81. The van der Waals surface area contributed by atoms with Crippen LogP contribution in [0, 0.1) is 5.92 Å². The molecule has 2 heterocycles. The van der Waals surface area contributed by atoms with Crippen molar-refractivity contribution < 1.29 is 14.7 Å². The molecule has 1 fully saturated rings. The smallest absolute Gasteiger partial charge is 0.309 e. The number of hydrogen-bond donors (Lipinski definition) is 1. The van der Waals surface area contributed by atoms with E-state index in [-0.39, 0.29) is 5.91 Å². The summed E-state index contributed by atoms with van der Waals surface area (Å²) in [5.41, 5.74) is 0.786. The Kier molecular flexibility index (Phi) is 3.87. The summed E-state index contributed by atoms with van der Waals surface area (Å²) in [6, 6.07) is -0.411. The number of carboxylic acids is 1. The molecule has 1 aliphatic rings. The lowest BCUT2D eigenvalue weighted by molar-refractivity contribution is -0.152. The standard InChI is InChI=1S/C13H19N3O3/c1-3-6-16-11(17)5-4-9(13(18)19)12(16)10-7-14-8-15(10)2/h7-9,12H,3-6H2,1-2H3,(H,18,19). The van der Waals surface area contributed by atoms with Crippen LogP contribution in [0.1, 0.15) is 37.9 Å². The molecule has 1 N–H and O–H groups in total. The average Bonchev–Trinajstić information content (AvgIpc) is 2.77. The van der Waals surface area contributed by atoms with Crippen LogP contribution in [-0.4, -0.2) is 38.0 Å². The van der Waals surface area contributed by atoms with Gasteiger partial charge in [-0.05, 0) is 12.8 Å². The number of rotatable bonds is 4. The number of likely N-dealkylation sites (tertiary alicyclic amines) is 1. The summed E-state index contributed by atoms with van der Waals surface area (Å²) in [5.74, 6) is -1.37. The third kappa shape index (κ3) is 2.47. The number of amides is 1. The SMILES string of the molecule is CCCN1C(=O)CCC(C(=O)O)C1c1cncn1C. The molecule has 1 saturated heterocycles. The first kappa shape index (κ1) is 13.6. The second-order valence-corrected chi connectivity index (χ2v) is 4.94. The number of carboxylic acid groups (broad SMARTS) is 1. The topological polar surface area (TPSA) is 75.4 Å². The first-order valence-electron chi connectivity index (χ1n) is 6.54. The Morgan fingerprint density at radius 3 is 2.84 bits per heavy atom. The minimum absolute atomic E-state index is 0.0329. The molecule has 0 bridgehead atoms. The van der Waals surface area contributed by atoms with Crippen LogP contribution >= 0.6 is 0 Å². The van der Waals surface area contributed by atoms with E-state index in [1.165, 1.54) is 0 Å². The van der Waals surface area contributed by atoms with E-state index in [0.29, 0.717) is 19.4 Å². The summed E-state index contributed by atoms with van der Waals surface area (Å²) < 4.78 is 1.79. The number of aliphatic carboxylic acids is 1. The van der Waals surface area contributed by atoms with Crippen LogP contribution < -0.4 is 0 Å². The van der Waals surface area contributed by atoms with Gasteiger partial charge >= 0.3 is 5.97 Å².